The maximum Gasteiger partial charge on any atom is 0.318 e. The van der Waals surface area contributed by atoms with Crippen molar-refractivity contribution in [2.45, 2.75) is 133 Å². The van der Waals surface area contributed by atoms with Gasteiger partial charge in [-0.05, 0) is 110 Å². The second-order valence-corrected chi connectivity index (χ2v) is 24.9. The number of nitrogens with zero attached hydrogens (tertiary/aromatic N) is 1. The van der Waals surface area contributed by atoms with Crippen LogP contribution in [0.2, 0.25) is 0 Å². The Morgan fingerprint density at radius 1 is 0.392 bits per heavy atom. The summed E-state index contributed by atoms with van der Waals surface area (Å²) in [5.74, 6) is -11.7. The first-order chi connectivity index (χ1) is 36.2. The molecule has 0 bridgehead atoms. The standard InChI is InChI=1S/C54H81NO24/c1-44(2)72-27-51(12,28-73-44)40(61)68-23-49(10,24-69-41(62)52(13)29-74-45(3,4)75-30-52)38(59)66-21-48(9,37(58)65-20-16-19-55-35(56)17-18-36(55)57)22-67-39(60)50(11,25-70-42(63)53(14)31-76-46(5,6)77-32-53)26-71-43(64)54(15)33-78-47(7,8)79-34-54/h17-18H,16,19-34H2,1-15H3. The number of carbonyl (C=O) groups excluding carboxylic acids is 9. The predicted octanol–water partition coefficient (Wildman–Crippen LogP) is 3.28. The number of esters is 7. The highest BCUT2D eigenvalue weighted by Gasteiger charge is 2.52. The van der Waals surface area contributed by atoms with Gasteiger partial charge in [-0.3, -0.25) is 48.1 Å². The van der Waals surface area contributed by atoms with Gasteiger partial charge in [0.1, 0.15) is 77.5 Å². The van der Waals surface area contributed by atoms with Crippen molar-refractivity contribution in [2.75, 3.05) is 106 Å². The molecule has 4 fully saturated rings. The van der Waals surface area contributed by atoms with Gasteiger partial charge in [-0.1, -0.05) is 0 Å². The number of imide groups is 1. The highest BCUT2D eigenvalue weighted by Crippen LogP contribution is 2.37. The molecule has 0 spiro atoms. The SMILES string of the molecule is CC1(C)OCC(C)(C(=O)OCC(C)(COC(=O)C2(C)COC(C)(C)OC2)C(=O)OCC(C)(COC(=O)C(C)(COC(=O)C2(C)COC(C)(C)OC2)COC(=O)C2(C)COC(C)(C)OC2)C(=O)OCCCN2C(=O)C=CC2=O)CO1. The monoisotopic (exact) mass is 1130 g/mol. The summed E-state index contributed by atoms with van der Waals surface area (Å²) in [5.41, 5.74) is -11.3. The van der Waals surface area contributed by atoms with E-state index in [1.807, 2.05) is 0 Å². The van der Waals surface area contributed by atoms with E-state index in [1.165, 1.54) is 20.8 Å². The van der Waals surface area contributed by atoms with Crippen LogP contribution in [-0.4, -0.2) is 187 Å². The lowest BCUT2D eigenvalue weighted by atomic mass is 9.89. The van der Waals surface area contributed by atoms with Crippen molar-refractivity contribution in [2.24, 2.45) is 37.9 Å². The van der Waals surface area contributed by atoms with Gasteiger partial charge >= 0.3 is 41.8 Å². The molecule has 2 amide bonds. The average Bonchev–Trinajstić information content (AvgIpc) is 3.74. The second kappa shape index (κ2) is 24.1. The van der Waals surface area contributed by atoms with Crippen LogP contribution in [0.25, 0.3) is 0 Å². The molecule has 0 aliphatic carbocycles. The van der Waals surface area contributed by atoms with Gasteiger partial charge in [0.05, 0.1) is 59.5 Å². The third-order valence-electron chi connectivity index (χ3n) is 14.1. The van der Waals surface area contributed by atoms with E-state index in [0.29, 0.717) is 0 Å². The van der Waals surface area contributed by atoms with E-state index < -0.39 is 154 Å². The quantitative estimate of drug-likeness (QED) is 0.0614. The number of ether oxygens (including phenoxy) is 15. The molecule has 0 aromatic rings. The number of amides is 2. The Labute approximate surface area is 460 Å². The first-order valence-electron chi connectivity index (χ1n) is 26.1. The second-order valence-electron chi connectivity index (χ2n) is 24.9. The molecule has 0 saturated carbocycles. The minimum Gasteiger partial charge on any atom is -0.465 e. The molecule has 4 saturated heterocycles. The van der Waals surface area contributed by atoms with Crippen LogP contribution in [0.3, 0.4) is 0 Å². The molecule has 5 aliphatic rings. The largest absolute Gasteiger partial charge is 0.465 e. The molecule has 79 heavy (non-hydrogen) atoms. The molecule has 25 nitrogen and oxygen atoms in total. The summed E-state index contributed by atoms with van der Waals surface area (Å²) >= 11 is 0. The maximum absolute atomic E-state index is 14.5. The third kappa shape index (κ3) is 16.5. The van der Waals surface area contributed by atoms with Crippen LogP contribution in [0.4, 0.5) is 0 Å². The summed E-state index contributed by atoms with van der Waals surface area (Å²) in [6.45, 7) is 17.4. The first-order valence-corrected chi connectivity index (χ1v) is 26.1. The summed E-state index contributed by atoms with van der Waals surface area (Å²) in [6, 6.07) is 0. The van der Waals surface area contributed by atoms with Gasteiger partial charge in [0.25, 0.3) is 11.8 Å². The van der Waals surface area contributed by atoms with E-state index >= 15 is 0 Å². The Morgan fingerprint density at radius 2 is 0.608 bits per heavy atom. The summed E-state index contributed by atoms with van der Waals surface area (Å²) in [7, 11) is 0. The van der Waals surface area contributed by atoms with Gasteiger partial charge in [-0.2, -0.15) is 0 Å². The van der Waals surface area contributed by atoms with E-state index in [-0.39, 0.29) is 72.4 Å². The van der Waals surface area contributed by atoms with Crippen molar-refractivity contribution in [3.63, 3.8) is 0 Å². The zero-order chi connectivity index (χ0) is 59.3. The van der Waals surface area contributed by atoms with Gasteiger partial charge in [0.15, 0.2) is 23.1 Å². The summed E-state index contributed by atoms with van der Waals surface area (Å²) in [4.78, 5) is 123. The Bertz CT molecular complexity index is 2070. The average molecular weight is 1130 g/mol. The van der Waals surface area contributed by atoms with Gasteiger partial charge < -0.3 is 71.1 Å². The molecular formula is C54H81NO24. The fourth-order valence-electron chi connectivity index (χ4n) is 7.56. The zero-order valence-corrected chi connectivity index (χ0v) is 48.4. The first kappa shape index (κ1) is 64.7. The van der Waals surface area contributed by atoms with Crippen molar-refractivity contribution in [1.82, 2.24) is 4.90 Å². The molecule has 0 N–H and O–H groups in total. The van der Waals surface area contributed by atoms with Crippen LogP contribution >= 0.6 is 0 Å². The van der Waals surface area contributed by atoms with Gasteiger partial charge in [-0.15, -0.1) is 0 Å². The third-order valence-corrected chi connectivity index (χ3v) is 14.1. The van der Waals surface area contributed by atoms with Crippen LogP contribution in [0.5, 0.6) is 0 Å². The van der Waals surface area contributed by atoms with Crippen LogP contribution in [-0.2, 0) is 114 Å². The van der Waals surface area contributed by atoms with E-state index in [4.69, 9.17) is 71.1 Å². The minimum atomic E-state index is -2.09. The highest BCUT2D eigenvalue weighted by atomic mass is 16.7. The van der Waals surface area contributed by atoms with E-state index in [1.54, 1.807) is 83.1 Å². The molecule has 0 unspecified atom stereocenters. The highest BCUT2D eigenvalue weighted by molar-refractivity contribution is 6.12. The predicted molar refractivity (Wildman–Crippen MR) is 268 cm³/mol. The summed E-state index contributed by atoms with van der Waals surface area (Å²) in [5, 5.41) is 0. The van der Waals surface area contributed by atoms with Crippen molar-refractivity contribution >= 4 is 53.6 Å². The van der Waals surface area contributed by atoms with Gasteiger partial charge in [-0.25, -0.2) is 0 Å². The maximum atomic E-state index is 14.5. The molecule has 5 aliphatic heterocycles. The van der Waals surface area contributed by atoms with Crippen molar-refractivity contribution in [3.05, 3.63) is 12.2 Å². The number of hydrogen-bond donors (Lipinski definition) is 0. The molecular weight excluding hydrogens is 1050 g/mol. The number of rotatable bonds is 23. The summed E-state index contributed by atoms with van der Waals surface area (Å²) in [6.07, 6.45) is 2.17. The lowest BCUT2D eigenvalue weighted by Gasteiger charge is -2.41. The number of carbonyl (C=O) groups is 9. The van der Waals surface area contributed by atoms with E-state index in [2.05, 4.69) is 0 Å². The van der Waals surface area contributed by atoms with Gasteiger partial charge in [0.2, 0.25) is 0 Å². The van der Waals surface area contributed by atoms with Crippen LogP contribution < -0.4 is 0 Å². The lowest BCUT2D eigenvalue weighted by molar-refractivity contribution is -0.283. The van der Waals surface area contributed by atoms with Crippen molar-refractivity contribution in [3.8, 4) is 0 Å². The van der Waals surface area contributed by atoms with Crippen LogP contribution in [0, 0.1) is 37.9 Å². The smallest absolute Gasteiger partial charge is 0.318 e. The minimum absolute atomic E-state index is 0.0256. The fourth-order valence-corrected chi connectivity index (χ4v) is 7.56. The van der Waals surface area contributed by atoms with Crippen LogP contribution in [0.1, 0.15) is 110 Å². The molecule has 5 rings (SSSR count). The topological polar surface area (TPSA) is 295 Å². The molecule has 446 valence electrons. The number of hydrogen-bond acceptors (Lipinski definition) is 24. The lowest BCUT2D eigenvalue weighted by Crippen LogP contribution is -2.52. The molecule has 0 aromatic heterocycles. The Kier molecular flexibility index (Phi) is 19.8. The zero-order valence-electron chi connectivity index (χ0n) is 48.4. The normalized spacial score (nSPS) is 22.6. The molecule has 0 aromatic carbocycles. The molecule has 0 radical (unpaired) electrons. The Morgan fingerprint density at radius 3 is 0.848 bits per heavy atom. The molecule has 5 heterocycles. The molecule has 0 atom stereocenters. The van der Waals surface area contributed by atoms with E-state index in [9.17, 15) is 43.2 Å². The molecule has 25 heteroatoms. The fraction of sp³-hybridized carbons (Fsp3) is 0.796. The van der Waals surface area contributed by atoms with Gasteiger partial charge in [0, 0.05) is 18.7 Å². The van der Waals surface area contributed by atoms with Crippen molar-refractivity contribution < 1.29 is 114 Å². The van der Waals surface area contributed by atoms with Crippen molar-refractivity contribution in [1.29, 1.82) is 0 Å². The van der Waals surface area contributed by atoms with Crippen LogP contribution in [0.15, 0.2) is 12.2 Å². The van der Waals surface area contributed by atoms with E-state index in [0.717, 1.165) is 17.1 Å². The summed E-state index contributed by atoms with van der Waals surface area (Å²) < 4.78 is 85.9. The Balaban J connectivity index is 1.39. The Hall–Kier alpha value is -5.15.